The van der Waals surface area contributed by atoms with Gasteiger partial charge < -0.3 is 14.2 Å². The Bertz CT molecular complexity index is 1110. The first kappa shape index (κ1) is 16.7. The number of hydrogen-bond acceptors (Lipinski definition) is 7. The summed E-state index contributed by atoms with van der Waals surface area (Å²) >= 11 is 0. The van der Waals surface area contributed by atoms with Crippen LogP contribution < -0.4 is 0 Å². The van der Waals surface area contributed by atoms with Crippen LogP contribution in [-0.2, 0) is 11.3 Å². The van der Waals surface area contributed by atoms with Crippen LogP contribution in [0.15, 0.2) is 29.0 Å². The molecule has 3 aromatic rings. The van der Waals surface area contributed by atoms with Crippen LogP contribution in [0, 0.1) is 0 Å². The monoisotopic (exact) mass is 379 g/mol. The number of fused-ring (bicyclic) bond motifs is 3. The predicted molar refractivity (Wildman–Crippen MR) is 96.0 cm³/mol. The summed E-state index contributed by atoms with van der Waals surface area (Å²) in [6.45, 7) is 0.282. The van der Waals surface area contributed by atoms with Gasteiger partial charge in [0, 0.05) is 13.0 Å². The summed E-state index contributed by atoms with van der Waals surface area (Å²) in [5.41, 5.74) is 2.34. The first-order valence-corrected chi connectivity index (χ1v) is 8.96. The van der Waals surface area contributed by atoms with E-state index in [0.717, 1.165) is 18.5 Å². The molecule has 0 saturated heterocycles. The van der Waals surface area contributed by atoms with Gasteiger partial charge in [-0.1, -0.05) is 11.2 Å². The molecule has 1 amide bonds. The van der Waals surface area contributed by atoms with Crippen molar-refractivity contribution in [2.75, 3.05) is 14.2 Å². The van der Waals surface area contributed by atoms with Gasteiger partial charge in [0.1, 0.15) is 6.33 Å². The third kappa shape index (κ3) is 2.43. The highest BCUT2D eigenvalue weighted by Gasteiger charge is 2.33. The molecule has 0 atom stereocenters. The fraction of sp³-hybridized carbons (Fsp3) is 0.316. The lowest BCUT2D eigenvalue weighted by Gasteiger charge is -2.15. The van der Waals surface area contributed by atoms with Crippen molar-refractivity contribution in [1.82, 2.24) is 24.6 Å². The molecule has 0 radical (unpaired) electrons. The minimum atomic E-state index is -0.562. The summed E-state index contributed by atoms with van der Waals surface area (Å²) in [6, 6.07) is 5.07. The molecule has 0 bridgehead atoms. The van der Waals surface area contributed by atoms with Crippen molar-refractivity contribution in [3.8, 4) is 17.3 Å². The molecule has 0 N–H and O–H groups in total. The second-order valence-corrected chi connectivity index (χ2v) is 6.99. The maximum Gasteiger partial charge on any atom is 0.338 e. The Hall–Kier alpha value is -3.49. The smallest absolute Gasteiger partial charge is 0.338 e. The van der Waals surface area contributed by atoms with Gasteiger partial charge in [-0.05, 0) is 25.0 Å². The molecule has 142 valence electrons. The van der Waals surface area contributed by atoms with Crippen molar-refractivity contribution in [3.63, 3.8) is 0 Å². The van der Waals surface area contributed by atoms with Gasteiger partial charge in [-0.3, -0.25) is 9.36 Å². The van der Waals surface area contributed by atoms with Gasteiger partial charge in [0.2, 0.25) is 0 Å². The molecular formula is C19H17N5O4. The van der Waals surface area contributed by atoms with E-state index in [1.54, 1.807) is 36.1 Å². The Morgan fingerprint density at radius 3 is 2.89 bits per heavy atom. The number of amides is 1. The minimum absolute atomic E-state index is 0.216. The highest BCUT2D eigenvalue weighted by Crippen LogP contribution is 2.39. The summed E-state index contributed by atoms with van der Waals surface area (Å²) in [4.78, 5) is 35.7. The van der Waals surface area contributed by atoms with Crippen LogP contribution in [0.5, 0.6) is 0 Å². The van der Waals surface area contributed by atoms with Crippen molar-refractivity contribution in [2.24, 2.45) is 0 Å². The van der Waals surface area contributed by atoms with Crippen LogP contribution in [0.4, 0.5) is 0 Å². The number of rotatable bonds is 3. The Morgan fingerprint density at radius 1 is 1.32 bits per heavy atom. The van der Waals surface area contributed by atoms with Crippen molar-refractivity contribution in [3.05, 3.63) is 47.2 Å². The van der Waals surface area contributed by atoms with Gasteiger partial charge in [0.25, 0.3) is 11.8 Å². The fourth-order valence-electron chi connectivity index (χ4n) is 3.48. The highest BCUT2D eigenvalue weighted by atomic mass is 16.5. The standard InChI is InChI=1S/C19H17N5O4/c1-23-8-13-15(17-21-16(22-28-17)10-6-7-10)20-9-24(13)12-5-3-4-11(19(26)27-2)14(12)18(23)25/h3-5,9-10H,6-8H2,1-2H3. The number of imidazole rings is 1. The average molecular weight is 379 g/mol. The zero-order chi connectivity index (χ0) is 19.4. The van der Waals surface area contributed by atoms with Crippen LogP contribution >= 0.6 is 0 Å². The van der Waals surface area contributed by atoms with Crippen LogP contribution in [0.25, 0.3) is 17.3 Å². The second-order valence-electron chi connectivity index (χ2n) is 6.99. The van der Waals surface area contributed by atoms with E-state index in [2.05, 4.69) is 15.1 Å². The molecular weight excluding hydrogens is 362 g/mol. The lowest BCUT2D eigenvalue weighted by Crippen LogP contribution is -2.27. The van der Waals surface area contributed by atoms with Gasteiger partial charge in [-0.2, -0.15) is 4.98 Å². The van der Waals surface area contributed by atoms with Crippen molar-refractivity contribution in [2.45, 2.75) is 25.3 Å². The normalized spacial score (nSPS) is 15.8. The molecule has 1 saturated carbocycles. The number of nitrogens with zero attached hydrogens (tertiary/aromatic N) is 5. The Kier molecular flexibility index (Phi) is 3.58. The van der Waals surface area contributed by atoms with Gasteiger partial charge in [-0.25, -0.2) is 9.78 Å². The van der Waals surface area contributed by atoms with Gasteiger partial charge in [0.15, 0.2) is 11.5 Å². The van der Waals surface area contributed by atoms with Crippen LogP contribution in [-0.4, -0.2) is 50.6 Å². The third-order valence-corrected chi connectivity index (χ3v) is 5.11. The van der Waals surface area contributed by atoms with E-state index < -0.39 is 5.97 Å². The number of esters is 1. The van der Waals surface area contributed by atoms with E-state index in [9.17, 15) is 9.59 Å². The fourth-order valence-corrected chi connectivity index (χ4v) is 3.48. The molecule has 9 nitrogen and oxygen atoms in total. The van der Waals surface area contributed by atoms with E-state index in [-0.39, 0.29) is 23.6 Å². The minimum Gasteiger partial charge on any atom is -0.465 e. The van der Waals surface area contributed by atoms with Gasteiger partial charge >= 0.3 is 5.97 Å². The van der Waals surface area contributed by atoms with Crippen molar-refractivity contribution >= 4 is 11.9 Å². The maximum absolute atomic E-state index is 13.0. The summed E-state index contributed by atoms with van der Waals surface area (Å²) in [5.74, 6) is 0.571. The average Bonchev–Trinajstić information content (AvgIpc) is 3.33. The predicted octanol–water partition coefficient (Wildman–Crippen LogP) is 2.17. The number of methoxy groups -OCH3 is 1. The molecule has 0 unspecified atom stereocenters. The number of carbonyl (C=O) groups is 2. The van der Waals surface area contributed by atoms with E-state index >= 15 is 0 Å². The van der Waals surface area contributed by atoms with E-state index in [1.165, 1.54) is 12.0 Å². The SMILES string of the molecule is COC(=O)c1cccc2c1C(=O)N(C)Cc1c(-c3nc(C4CC4)no3)ncn1-2. The number of ether oxygens (including phenoxy) is 1. The topological polar surface area (TPSA) is 103 Å². The molecule has 1 aliphatic heterocycles. The van der Waals surface area contributed by atoms with Crippen molar-refractivity contribution < 1.29 is 18.8 Å². The van der Waals surface area contributed by atoms with Crippen LogP contribution in [0.2, 0.25) is 0 Å². The molecule has 2 aromatic heterocycles. The van der Waals surface area contributed by atoms with Gasteiger partial charge in [0.05, 0.1) is 36.2 Å². The van der Waals surface area contributed by atoms with Crippen molar-refractivity contribution in [1.29, 1.82) is 0 Å². The molecule has 0 spiro atoms. The lowest BCUT2D eigenvalue weighted by atomic mass is 10.0. The molecule has 1 aliphatic carbocycles. The molecule has 5 rings (SSSR count). The Labute approximate surface area is 159 Å². The van der Waals surface area contributed by atoms with E-state index in [4.69, 9.17) is 9.26 Å². The van der Waals surface area contributed by atoms with E-state index in [1.807, 2.05) is 0 Å². The number of aromatic nitrogens is 4. The lowest BCUT2D eigenvalue weighted by molar-refractivity contribution is 0.0592. The second kappa shape index (κ2) is 6.01. The molecule has 1 fully saturated rings. The first-order chi connectivity index (χ1) is 13.6. The quantitative estimate of drug-likeness (QED) is 0.643. The molecule has 9 heteroatoms. The first-order valence-electron chi connectivity index (χ1n) is 8.96. The zero-order valence-electron chi connectivity index (χ0n) is 15.4. The summed E-state index contributed by atoms with van der Waals surface area (Å²) in [6.07, 6.45) is 3.75. The van der Waals surface area contributed by atoms with E-state index in [0.29, 0.717) is 29.0 Å². The maximum atomic E-state index is 13.0. The Morgan fingerprint density at radius 2 is 2.14 bits per heavy atom. The summed E-state index contributed by atoms with van der Waals surface area (Å²) in [7, 11) is 2.97. The zero-order valence-corrected chi connectivity index (χ0v) is 15.4. The number of benzene rings is 1. The van der Waals surface area contributed by atoms with Crippen LogP contribution in [0.1, 0.15) is 51.0 Å². The number of hydrogen-bond donors (Lipinski definition) is 0. The summed E-state index contributed by atoms with van der Waals surface area (Å²) in [5, 5.41) is 4.06. The third-order valence-electron chi connectivity index (χ3n) is 5.11. The molecule has 2 aliphatic rings. The highest BCUT2D eigenvalue weighted by molar-refractivity contribution is 6.08. The Balaban J connectivity index is 1.68. The van der Waals surface area contributed by atoms with Gasteiger partial charge in [-0.15, -0.1) is 0 Å². The molecule has 3 heterocycles. The largest absolute Gasteiger partial charge is 0.465 e. The number of carbonyl (C=O) groups excluding carboxylic acids is 2. The molecule has 28 heavy (non-hydrogen) atoms. The molecule has 1 aromatic carbocycles. The summed E-state index contributed by atoms with van der Waals surface area (Å²) < 4.78 is 12.1. The van der Waals surface area contributed by atoms with Crippen LogP contribution in [0.3, 0.4) is 0 Å².